The van der Waals surface area contributed by atoms with Gasteiger partial charge in [-0.3, -0.25) is 20.2 Å². The number of halogens is 1. The minimum Gasteiger partial charge on any atom is -0.299 e. The first-order chi connectivity index (χ1) is 8.97. The number of hydrogen-bond donors (Lipinski definition) is 1. The van der Waals surface area contributed by atoms with Gasteiger partial charge in [-0.25, -0.2) is 9.97 Å². The van der Waals surface area contributed by atoms with Crippen molar-refractivity contribution in [1.29, 1.82) is 0 Å². The van der Waals surface area contributed by atoms with E-state index in [1.807, 2.05) is 0 Å². The number of nitrogens with one attached hydrogen (secondary N) is 1. The largest absolute Gasteiger partial charge is 0.311 e. The van der Waals surface area contributed by atoms with Crippen LogP contribution in [-0.4, -0.2) is 20.8 Å². The number of carbonyl (C=O) groups is 1. The van der Waals surface area contributed by atoms with E-state index in [1.165, 1.54) is 23.5 Å². The zero-order valence-electron chi connectivity index (χ0n) is 9.58. The lowest BCUT2D eigenvalue weighted by Gasteiger charge is -2.03. The summed E-state index contributed by atoms with van der Waals surface area (Å²) >= 11 is 6.96. The van der Waals surface area contributed by atoms with Crippen molar-refractivity contribution in [2.75, 3.05) is 5.32 Å². The quantitative estimate of drug-likeness (QED) is 0.533. The Kier molecular flexibility index (Phi) is 3.72. The first kappa shape index (κ1) is 13.4. The molecule has 1 amide bonds. The summed E-state index contributed by atoms with van der Waals surface area (Å²) in [7, 11) is 0. The average molecular weight is 299 g/mol. The number of aromatic nitrogens is 2. The Balaban J connectivity index is 2.30. The van der Waals surface area contributed by atoms with Gasteiger partial charge < -0.3 is 0 Å². The molecule has 1 N–H and O–H groups in total. The van der Waals surface area contributed by atoms with E-state index in [0.29, 0.717) is 0 Å². The smallest absolute Gasteiger partial charge is 0.299 e. The van der Waals surface area contributed by atoms with Crippen LogP contribution in [0.15, 0.2) is 17.5 Å². The van der Waals surface area contributed by atoms with Crippen molar-refractivity contribution >= 4 is 40.4 Å². The highest BCUT2D eigenvalue weighted by molar-refractivity contribution is 7.09. The second-order valence-corrected chi connectivity index (χ2v) is 4.91. The minimum absolute atomic E-state index is 0.0513. The van der Waals surface area contributed by atoms with Crippen LogP contribution in [-0.2, 0) is 0 Å². The Hall–Kier alpha value is -2.06. The molecule has 0 spiro atoms. The van der Waals surface area contributed by atoms with E-state index in [4.69, 9.17) is 11.6 Å². The van der Waals surface area contributed by atoms with Crippen LogP contribution < -0.4 is 5.32 Å². The van der Waals surface area contributed by atoms with Gasteiger partial charge in [0.05, 0.1) is 9.93 Å². The van der Waals surface area contributed by atoms with Crippen LogP contribution >= 0.6 is 22.9 Å². The van der Waals surface area contributed by atoms with E-state index >= 15 is 0 Å². The van der Waals surface area contributed by atoms with Crippen molar-refractivity contribution in [2.45, 2.75) is 6.92 Å². The molecule has 98 valence electrons. The highest BCUT2D eigenvalue weighted by atomic mass is 35.5. The maximum absolute atomic E-state index is 11.8. The maximum Gasteiger partial charge on any atom is 0.311 e. The number of nitrogens with zero attached hydrogens (tertiary/aromatic N) is 3. The number of aryl methyl sites for hydroxylation is 1. The van der Waals surface area contributed by atoms with Crippen LogP contribution in [0.5, 0.6) is 0 Å². The lowest BCUT2D eigenvalue weighted by molar-refractivity contribution is -0.384. The Labute approximate surface area is 116 Å². The summed E-state index contributed by atoms with van der Waals surface area (Å²) in [5.41, 5.74) is -0.150. The van der Waals surface area contributed by atoms with Crippen molar-refractivity contribution in [3.63, 3.8) is 0 Å². The molecule has 0 aliphatic rings. The van der Waals surface area contributed by atoms with Crippen LogP contribution in [0.1, 0.15) is 15.5 Å². The second-order valence-electron chi connectivity index (χ2n) is 3.46. The summed E-state index contributed by atoms with van der Waals surface area (Å²) in [6, 6.07) is 2.46. The van der Waals surface area contributed by atoms with Crippen molar-refractivity contribution in [3.05, 3.63) is 43.5 Å². The highest BCUT2D eigenvalue weighted by Gasteiger charge is 2.19. The molecule has 2 rings (SSSR count). The number of thiazole rings is 1. The summed E-state index contributed by atoms with van der Waals surface area (Å²) in [6.45, 7) is 1.75. The molecule has 0 fully saturated rings. The molecule has 0 aromatic carbocycles. The fourth-order valence-corrected chi connectivity index (χ4v) is 2.05. The molecule has 0 aliphatic heterocycles. The topological polar surface area (TPSA) is 98.0 Å². The fraction of sp³-hybridized carbons (Fsp3) is 0.100. The zero-order valence-corrected chi connectivity index (χ0v) is 11.2. The summed E-state index contributed by atoms with van der Waals surface area (Å²) in [5, 5.41) is 15.5. The number of rotatable bonds is 3. The van der Waals surface area contributed by atoms with Gasteiger partial charge >= 0.3 is 5.69 Å². The van der Waals surface area contributed by atoms with E-state index in [9.17, 15) is 14.9 Å². The minimum atomic E-state index is -0.648. The van der Waals surface area contributed by atoms with Gasteiger partial charge in [-0.05, 0) is 13.0 Å². The molecule has 2 heterocycles. The van der Waals surface area contributed by atoms with Gasteiger partial charge in [0, 0.05) is 11.4 Å². The third-order valence-electron chi connectivity index (χ3n) is 2.12. The molecule has 0 bridgehead atoms. The van der Waals surface area contributed by atoms with Crippen LogP contribution in [0.3, 0.4) is 0 Å². The van der Waals surface area contributed by atoms with Gasteiger partial charge in [0.25, 0.3) is 5.91 Å². The first-order valence-electron chi connectivity index (χ1n) is 5.02. The molecule has 0 radical (unpaired) electrons. The van der Waals surface area contributed by atoms with Gasteiger partial charge in [-0.2, -0.15) is 0 Å². The molecular weight excluding hydrogens is 292 g/mol. The van der Waals surface area contributed by atoms with Crippen LogP contribution in [0.2, 0.25) is 5.15 Å². The van der Waals surface area contributed by atoms with Gasteiger partial charge in [0.2, 0.25) is 5.82 Å². The summed E-state index contributed by atoms with van der Waals surface area (Å²) in [5.74, 6) is -0.768. The molecular formula is C10H7ClN4O3S. The number of anilines is 1. The number of hydrogen-bond acceptors (Lipinski definition) is 6. The molecule has 0 aliphatic carbocycles. The van der Waals surface area contributed by atoms with Gasteiger partial charge in [0.1, 0.15) is 10.8 Å². The third-order valence-corrected chi connectivity index (χ3v) is 3.10. The van der Waals surface area contributed by atoms with Gasteiger partial charge in [0.15, 0.2) is 0 Å². The van der Waals surface area contributed by atoms with Crippen molar-refractivity contribution < 1.29 is 9.72 Å². The van der Waals surface area contributed by atoms with Crippen LogP contribution in [0, 0.1) is 17.0 Å². The van der Waals surface area contributed by atoms with Gasteiger partial charge in [-0.15, -0.1) is 11.3 Å². The number of pyridine rings is 1. The first-order valence-corrected chi connectivity index (χ1v) is 6.27. The third kappa shape index (κ3) is 3.04. The van der Waals surface area contributed by atoms with E-state index < -0.39 is 10.8 Å². The Bertz CT molecular complexity index is 658. The lowest BCUT2D eigenvalue weighted by Crippen LogP contribution is -2.14. The SMILES string of the molecule is Cc1nc(C(=O)Nc2nc(Cl)ccc2[N+](=O)[O-])cs1. The van der Waals surface area contributed by atoms with Gasteiger partial charge in [-0.1, -0.05) is 11.6 Å². The van der Waals surface area contributed by atoms with E-state index in [-0.39, 0.29) is 22.4 Å². The Morgan fingerprint density at radius 2 is 2.21 bits per heavy atom. The highest BCUT2D eigenvalue weighted by Crippen LogP contribution is 2.24. The molecule has 0 saturated carbocycles. The number of nitro groups is 1. The van der Waals surface area contributed by atoms with Crippen molar-refractivity contribution in [1.82, 2.24) is 9.97 Å². The molecule has 19 heavy (non-hydrogen) atoms. The van der Waals surface area contributed by atoms with Crippen LogP contribution in [0.25, 0.3) is 0 Å². The van der Waals surface area contributed by atoms with Crippen molar-refractivity contribution in [3.8, 4) is 0 Å². The Morgan fingerprint density at radius 1 is 1.47 bits per heavy atom. The van der Waals surface area contributed by atoms with E-state index in [2.05, 4.69) is 15.3 Å². The molecule has 0 saturated heterocycles. The normalized spacial score (nSPS) is 10.2. The standard InChI is InChI=1S/C10H7ClN4O3S/c1-5-12-6(4-19-5)10(16)14-9-7(15(17)18)2-3-8(11)13-9/h2-4H,1H3,(H,13,14,16). The average Bonchev–Trinajstić information content (AvgIpc) is 2.75. The predicted octanol–water partition coefficient (Wildman–Crippen LogP) is 2.66. The summed E-state index contributed by atoms with van der Waals surface area (Å²) < 4.78 is 0. The number of amides is 1. The molecule has 0 atom stereocenters. The molecule has 7 nitrogen and oxygen atoms in total. The molecule has 2 aromatic heterocycles. The summed E-state index contributed by atoms with van der Waals surface area (Å²) in [6.07, 6.45) is 0. The molecule has 2 aromatic rings. The molecule has 0 unspecified atom stereocenters. The molecule has 9 heteroatoms. The summed E-state index contributed by atoms with van der Waals surface area (Å²) in [4.78, 5) is 29.7. The van der Waals surface area contributed by atoms with E-state index in [1.54, 1.807) is 12.3 Å². The van der Waals surface area contributed by atoms with E-state index in [0.717, 1.165) is 5.01 Å². The monoisotopic (exact) mass is 298 g/mol. The fourth-order valence-electron chi connectivity index (χ4n) is 1.31. The predicted molar refractivity (Wildman–Crippen MR) is 70.7 cm³/mol. The zero-order chi connectivity index (χ0) is 14.0. The van der Waals surface area contributed by atoms with Crippen LogP contribution in [0.4, 0.5) is 11.5 Å². The van der Waals surface area contributed by atoms with Crippen molar-refractivity contribution in [2.24, 2.45) is 0 Å². The maximum atomic E-state index is 11.8. The number of carbonyl (C=O) groups excluding carboxylic acids is 1. The lowest BCUT2D eigenvalue weighted by atomic mass is 10.3. The second kappa shape index (κ2) is 5.29. The Morgan fingerprint density at radius 3 is 2.79 bits per heavy atom.